The van der Waals surface area contributed by atoms with Crippen molar-refractivity contribution < 1.29 is 5.21 Å². The number of pyridine rings is 1. The lowest BCUT2D eigenvalue weighted by molar-refractivity contribution is 0.318. The summed E-state index contributed by atoms with van der Waals surface area (Å²) < 4.78 is 0. The predicted octanol–water partition coefficient (Wildman–Crippen LogP) is 2.12. The number of oxime groups is 1. The van der Waals surface area contributed by atoms with Crippen LogP contribution in [-0.2, 0) is 13.1 Å². The summed E-state index contributed by atoms with van der Waals surface area (Å²) in [5.41, 5.74) is 8.03. The number of nitrogens with one attached hydrogen (secondary N) is 1. The van der Waals surface area contributed by atoms with Crippen LogP contribution < -0.4 is 11.1 Å². The largest absolute Gasteiger partial charge is 0.409 e. The average molecular weight is 291 g/mol. The standard InChI is InChI=1S/C14H15ClN4O/c15-12-5-1-3-10(7-12)8-17-9-11-4-2-6-18-13(11)14(16)19-20/h1-7,17,20H,8-9H2,(H2,16,19). The summed E-state index contributed by atoms with van der Waals surface area (Å²) in [6.07, 6.45) is 1.61. The van der Waals surface area contributed by atoms with Gasteiger partial charge in [-0.2, -0.15) is 0 Å². The van der Waals surface area contributed by atoms with Crippen LogP contribution in [0.2, 0.25) is 5.02 Å². The Kier molecular flexibility index (Phi) is 4.92. The SMILES string of the molecule is NC(=NO)c1ncccc1CNCc1cccc(Cl)c1. The smallest absolute Gasteiger partial charge is 0.189 e. The highest BCUT2D eigenvalue weighted by Crippen LogP contribution is 2.11. The predicted molar refractivity (Wildman–Crippen MR) is 78.7 cm³/mol. The van der Waals surface area contributed by atoms with Gasteiger partial charge in [0.05, 0.1) is 0 Å². The number of hydrogen-bond donors (Lipinski definition) is 3. The first-order valence-electron chi connectivity index (χ1n) is 6.07. The molecule has 4 N–H and O–H groups in total. The Bertz CT molecular complexity index is 616. The van der Waals surface area contributed by atoms with Gasteiger partial charge in [-0.05, 0) is 29.3 Å². The zero-order valence-corrected chi connectivity index (χ0v) is 11.5. The van der Waals surface area contributed by atoms with Gasteiger partial charge in [0.2, 0.25) is 0 Å². The third kappa shape index (κ3) is 3.69. The molecule has 0 bridgehead atoms. The number of nitrogens with two attached hydrogens (primary N) is 1. The highest BCUT2D eigenvalue weighted by molar-refractivity contribution is 6.30. The monoisotopic (exact) mass is 290 g/mol. The fourth-order valence-corrected chi connectivity index (χ4v) is 2.06. The van der Waals surface area contributed by atoms with E-state index in [1.165, 1.54) is 0 Å². The summed E-state index contributed by atoms with van der Waals surface area (Å²) in [4.78, 5) is 4.11. The Morgan fingerprint density at radius 3 is 2.90 bits per heavy atom. The molecule has 104 valence electrons. The minimum absolute atomic E-state index is 0.00477. The Morgan fingerprint density at radius 1 is 1.30 bits per heavy atom. The van der Waals surface area contributed by atoms with Gasteiger partial charge in [0.1, 0.15) is 5.69 Å². The summed E-state index contributed by atoms with van der Waals surface area (Å²) in [6.45, 7) is 1.23. The van der Waals surface area contributed by atoms with Crippen molar-refractivity contribution in [1.29, 1.82) is 0 Å². The van der Waals surface area contributed by atoms with Crippen molar-refractivity contribution in [3.8, 4) is 0 Å². The van der Waals surface area contributed by atoms with Crippen LogP contribution in [-0.4, -0.2) is 16.0 Å². The number of amidine groups is 1. The maximum atomic E-state index is 8.73. The molecule has 1 heterocycles. The lowest BCUT2D eigenvalue weighted by Crippen LogP contribution is -2.21. The summed E-state index contributed by atoms with van der Waals surface area (Å²) in [6, 6.07) is 11.3. The van der Waals surface area contributed by atoms with Gasteiger partial charge in [0, 0.05) is 24.3 Å². The van der Waals surface area contributed by atoms with Gasteiger partial charge >= 0.3 is 0 Å². The van der Waals surface area contributed by atoms with E-state index in [1.807, 2.05) is 36.4 Å². The molecule has 0 saturated heterocycles. The molecule has 0 atom stereocenters. The second kappa shape index (κ2) is 6.88. The van der Waals surface area contributed by atoms with E-state index in [0.717, 1.165) is 11.1 Å². The van der Waals surface area contributed by atoms with Crippen molar-refractivity contribution in [2.45, 2.75) is 13.1 Å². The van der Waals surface area contributed by atoms with Crippen LogP contribution in [0.15, 0.2) is 47.8 Å². The molecule has 6 heteroatoms. The average Bonchev–Trinajstić information content (AvgIpc) is 2.47. The fraction of sp³-hybridized carbons (Fsp3) is 0.143. The molecular weight excluding hydrogens is 276 g/mol. The first-order valence-corrected chi connectivity index (χ1v) is 6.45. The Balaban J connectivity index is 2.01. The maximum absolute atomic E-state index is 8.73. The Morgan fingerprint density at radius 2 is 2.15 bits per heavy atom. The lowest BCUT2D eigenvalue weighted by atomic mass is 10.1. The van der Waals surface area contributed by atoms with E-state index in [9.17, 15) is 0 Å². The lowest BCUT2D eigenvalue weighted by Gasteiger charge is -2.09. The van der Waals surface area contributed by atoms with Crippen LogP contribution in [0.5, 0.6) is 0 Å². The van der Waals surface area contributed by atoms with Crippen LogP contribution in [0, 0.1) is 0 Å². The summed E-state index contributed by atoms with van der Waals surface area (Å²) in [5.74, 6) is 0.00477. The molecule has 0 amide bonds. The molecule has 0 fully saturated rings. The van der Waals surface area contributed by atoms with E-state index in [4.69, 9.17) is 22.5 Å². The molecule has 20 heavy (non-hydrogen) atoms. The van der Waals surface area contributed by atoms with Crippen LogP contribution in [0.4, 0.5) is 0 Å². The number of rotatable bonds is 5. The van der Waals surface area contributed by atoms with Crippen molar-refractivity contribution in [3.05, 3.63) is 64.4 Å². The second-order valence-electron chi connectivity index (χ2n) is 4.23. The minimum atomic E-state index is 0.00477. The van der Waals surface area contributed by atoms with Gasteiger partial charge < -0.3 is 16.3 Å². The normalized spacial score (nSPS) is 11.6. The van der Waals surface area contributed by atoms with E-state index < -0.39 is 0 Å². The van der Waals surface area contributed by atoms with E-state index in [2.05, 4.69) is 15.5 Å². The second-order valence-corrected chi connectivity index (χ2v) is 4.67. The number of aromatic nitrogens is 1. The first kappa shape index (κ1) is 14.3. The first-order chi connectivity index (χ1) is 9.70. The van der Waals surface area contributed by atoms with Crippen molar-refractivity contribution in [1.82, 2.24) is 10.3 Å². The van der Waals surface area contributed by atoms with Crippen molar-refractivity contribution in [3.63, 3.8) is 0 Å². The van der Waals surface area contributed by atoms with Crippen LogP contribution >= 0.6 is 11.6 Å². The fourth-order valence-electron chi connectivity index (χ4n) is 1.85. The quantitative estimate of drug-likeness (QED) is 0.341. The molecule has 0 aliphatic rings. The molecular formula is C14H15ClN4O. The van der Waals surface area contributed by atoms with Crippen LogP contribution in [0.25, 0.3) is 0 Å². The van der Waals surface area contributed by atoms with Gasteiger partial charge in [-0.1, -0.05) is 35.0 Å². The number of halogens is 1. The molecule has 0 unspecified atom stereocenters. The van der Waals surface area contributed by atoms with Crippen molar-refractivity contribution in [2.24, 2.45) is 10.9 Å². The molecule has 0 aliphatic carbocycles. The molecule has 5 nitrogen and oxygen atoms in total. The topological polar surface area (TPSA) is 83.5 Å². The number of nitrogens with zero attached hydrogens (tertiary/aromatic N) is 2. The van der Waals surface area contributed by atoms with E-state index in [1.54, 1.807) is 6.20 Å². The van der Waals surface area contributed by atoms with E-state index >= 15 is 0 Å². The minimum Gasteiger partial charge on any atom is -0.409 e. The van der Waals surface area contributed by atoms with Gasteiger partial charge in [0.15, 0.2) is 5.84 Å². The van der Waals surface area contributed by atoms with Crippen LogP contribution in [0.3, 0.4) is 0 Å². The third-order valence-electron chi connectivity index (χ3n) is 2.78. The zero-order valence-electron chi connectivity index (χ0n) is 10.8. The number of benzene rings is 1. The summed E-state index contributed by atoms with van der Waals surface area (Å²) in [5, 5.41) is 15.7. The van der Waals surface area contributed by atoms with Crippen molar-refractivity contribution >= 4 is 17.4 Å². The zero-order chi connectivity index (χ0) is 14.4. The highest BCUT2D eigenvalue weighted by atomic mass is 35.5. The summed E-state index contributed by atoms with van der Waals surface area (Å²) in [7, 11) is 0. The molecule has 0 saturated carbocycles. The maximum Gasteiger partial charge on any atom is 0.189 e. The molecule has 2 rings (SSSR count). The van der Waals surface area contributed by atoms with Gasteiger partial charge in [-0.15, -0.1) is 0 Å². The summed E-state index contributed by atoms with van der Waals surface area (Å²) >= 11 is 5.93. The van der Waals surface area contributed by atoms with E-state index in [0.29, 0.717) is 23.8 Å². The highest BCUT2D eigenvalue weighted by Gasteiger charge is 2.07. The van der Waals surface area contributed by atoms with Gasteiger partial charge in [0.25, 0.3) is 0 Å². The molecule has 1 aromatic heterocycles. The molecule has 2 aromatic rings. The third-order valence-corrected chi connectivity index (χ3v) is 3.01. The van der Waals surface area contributed by atoms with Crippen LogP contribution in [0.1, 0.15) is 16.8 Å². The Labute approximate surface area is 122 Å². The number of hydrogen-bond acceptors (Lipinski definition) is 4. The molecule has 0 spiro atoms. The van der Waals surface area contributed by atoms with Crippen molar-refractivity contribution in [2.75, 3.05) is 0 Å². The van der Waals surface area contributed by atoms with Gasteiger partial charge in [-0.25, -0.2) is 0 Å². The molecule has 1 aromatic carbocycles. The molecule has 0 aliphatic heterocycles. The van der Waals surface area contributed by atoms with E-state index in [-0.39, 0.29) is 5.84 Å². The Hall–Kier alpha value is -2.11. The molecule has 0 radical (unpaired) electrons. The van der Waals surface area contributed by atoms with Gasteiger partial charge in [-0.3, -0.25) is 4.98 Å².